The Kier molecular flexibility index (Phi) is 2.13. The topological polar surface area (TPSA) is 32.6 Å². The molecule has 0 bridgehead atoms. The van der Waals surface area contributed by atoms with Gasteiger partial charge in [0.15, 0.2) is 5.60 Å². The van der Waals surface area contributed by atoms with Crippen LogP contribution in [0.2, 0.25) is 0 Å². The summed E-state index contributed by atoms with van der Waals surface area (Å²) in [7, 11) is 0. The molecule has 2 heteroatoms. The third-order valence-electron chi connectivity index (χ3n) is 4.65. The number of aliphatic imine (C=N–C) groups is 1. The summed E-state index contributed by atoms with van der Waals surface area (Å²) in [5.41, 5.74) is 3.27. The van der Waals surface area contributed by atoms with E-state index in [0.29, 0.717) is 5.71 Å². The molecule has 1 aliphatic carbocycles. The molecule has 22 heavy (non-hydrogen) atoms. The number of hydrogen-bond donors (Lipinski definition) is 1. The molecule has 3 aromatic rings. The molecule has 1 aliphatic heterocycles. The zero-order chi connectivity index (χ0) is 14.7. The minimum Gasteiger partial charge on any atom is -0.374 e. The van der Waals surface area contributed by atoms with E-state index in [4.69, 9.17) is 0 Å². The molecule has 1 heterocycles. The van der Waals surface area contributed by atoms with Gasteiger partial charge in [0, 0.05) is 11.1 Å². The van der Waals surface area contributed by atoms with E-state index in [1.807, 2.05) is 54.6 Å². The molecule has 0 aromatic heterocycles. The monoisotopic (exact) mass is 283 g/mol. The third kappa shape index (κ3) is 1.31. The second-order valence-electron chi connectivity index (χ2n) is 5.81. The molecule has 2 aliphatic rings. The second kappa shape index (κ2) is 3.93. The van der Waals surface area contributed by atoms with Crippen LogP contribution in [0.5, 0.6) is 0 Å². The molecule has 104 valence electrons. The zero-order valence-electron chi connectivity index (χ0n) is 11.8. The molecule has 0 amide bonds. The van der Waals surface area contributed by atoms with E-state index in [9.17, 15) is 5.11 Å². The van der Waals surface area contributed by atoms with E-state index < -0.39 is 5.60 Å². The molecule has 2 nitrogen and oxygen atoms in total. The quantitative estimate of drug-likeness (QED) is 0.659. The van der Waals surface area contributed by atoms with Crippen LogP contribution >= 0.6 is 0 Å². The van der Waals surface area contributed by atoms with E-state index in [2.05, 4.69) is 23.2 Å². The molecule has 1 N–H and O–H groups in total. The van der Waals surface area contributed by atoms with Crippen molar-refractivity contribution in [2.75, 3.05) is 0 Å². The normalized spacial score (nSPS) is 21.2. The summed E-state index contributed by atoms with van der Waals surface area (Å²) in [6.07, 6.45) is 3.95. The molecule has 0 spiro atoms. The third-order valence-corrected chi connectivity index (χ3v) is 4.65. The predicted molar refractivity (Wildman–Crippen MR) is 89.5 cm³/mol. The molecule has 5 rings (SSSR count). The number of hydrogen-bond acceptors (Lipinski definition) is 2. The molecule has 1 atom stereocenters. The van der Waals surface area contributed by atoms with Crippen molar-refractivity contribution in [2.24, 2.45) is 4.99 Å². The van der Waals surface area contributed by atoms with Gasteiger partial charge in [-0.2, -0.15) is 0 Å². The first-order valence-electron chi connectivity index (χ1n) is 7.40. The van der Waals surface area contributed by atoms with Crippen molar-refractivity contribution in [3.63, 3.8) is 0 Å². The minimum atomic E-state index is -1.15. The van der Waals surface area contributed by atoms with Gasteiger partial charge in [-0.1, -0.05) is 60.7 Å². The van der Waals surface area contributed by atoms with E-state index >= 15 is 0 Å². The fraction of sp³-hybridized carbons (Fsp3) is 0.0500. The Balaban J connectivity index is 1.94. The Labute approximate surface area is 128 Å². The first-order chi connectivity index (χ1) is 10.8. The summed E-state index contributed by atoms with van der Waals surface area (Å²) < 4.78 is 0. The second-order valence-corrected chi connectivity index (χ2v) is 5.81. The highest BCUT2D eigenvalue weighted by Gasteiger charge is 2.45. The standard InChI is InChI=1S/C20H13NO/c22-20-16-8-4-2-6-14(16)10-12-18(20)21-17-11-9-13-5-1-3-7-15(13)19(17)20/h1-12,22H. The van der Waals surface area contributed by atoms with Crippen LogP contribution in [0.4, 0.5) is 5.69 Å². The van der Waals surface area contributed by atoms with Gasteiger partial charge in [0.05, 0.1) is 11.4 Å². The maximum atomic E-state index is 11.6. The molecule has 3 aromatic carbocycles. The van der Waals surface area contributed by atoms with Gasteiger partial charge in [-0.15, -0.1) is 0 Å². The average molecular weight is 283 g/mol. The van der Waals surface area contributed by atoms with Crippen LogP contribution in [-0.4, -0.2) is 10.8 Å². The lowest BCUT2D eigenvalue weighted by molar-refractivity contribution is 0.162. The van der Waals surface area contributed by atoms with Crippen molar-refractivity contribution in [3.05, 3.63) is 83.4 Å². The van der Waals surface area contributed by atoms with E-state index in [1.165, 1.54) is 0 Å². The average Bonchev–Trinajstić information content (AvgIpc) is 2.88. The lowest BCUT2D eigenvalue weighted by Gasteiger charge is -2.30. The summed E-state index contributed by atoms with van der Waals surface area (Å²) in [6, 6.07) is 20.2. The molecular weight excluding hydrogens is 270 g/mol. The van der Waals surface area contributed by atoms with Crippen LogP contribution in [0.15, 0.2) is 71.7 Å². The Morgan fingerprint density at radius 1 is 0.818 bits per heavy atom. The fourth-order valence-electron chi connectivity index (χ4n) is 3.64. The predicted octanol–water partition coefficient (Wildman–Crippen LogP) is 4.19. The van der Waals surface area contributed by atoms with Crippen LogP contribution in [-0.2, 0) is 5.60 Å². The van der Waals surface area contributed by atoms with Crippen molar-refractivity contribution in [1.82, 2.24) is 0 Å². The van der Waals surface area contributed by atoms with E-state index in [0.717, 1.165) is 33.2 Å². The van der Waals surface area contributed by atoms with Gasteiger partial charge in [-0.05, 0) is 28.5 Å². The lowest BCUT2D eigenvalue weighted by Crippen LogP contribution is -2.35. The number of fused-ring (bicyclic) bond motifs is 7. The minimum absolute atomic E-state index is 0.706. The van der Waals surface area contributed by atoms with Crippen molar-refractivity contribution in [3.8, 4) is 0 Å². The van der Waals surface area contributed by atoms with Gasteiger partial charge in [-0.3, -0.25) is 0 Å². The number of aliphatic hydroxyl groups is 1. The van der Waals surface area contributed by atoms with Crippen LogP contribution < -0.4 is 0 Å². The smallest absolute Gasteiger partial charge is 0.160 e. The highest BCUT2D eigenvalue weighted by atomic mass is 16.3. The zero-order valence-corrected chi connectivity index (χ0v) is 11.8. The molecule has 0 radical (unpaired) electrons. The SMILES string of the molecule is OC12C(=Nc3ccc4ccccc4c31)C=Cc1ccccc12. The summed E-state index contributed by atoms with van der Waals surface area (Å²) in [5.74, 6) is 0. The van der Waals surface area contributed by atoms with Gasteiger partial charge in [-0.25, -0.2) is 4.99 Å². The maximum Gasteiger partial charge on any atom is 0.160 e. The molecule has 1 unspecified atom stereocenters. The Hall–Kier alpha value is -2.71. The maximum absolute atomic E-state index is 11.6. The molecular formula is C20H13NO. The fourth-order valence-corrected chi connectivity index (χ4v) is 3.64. The van der Waals surface area contributed by atoms with Gasteiger partial charge in [0.1, 0.15) is 0 Å². The summed E-state index contributed by atoms with van der Waals surface area (Å²) in [4.78, 5) is 4.67. The highest BCUT2D eigenvalue weighted by Crippen LogP contribution is 2.49. The number of benzene rings is 3. The summed E-state index contributed by atoms with van der Waals surface area (Å²) in [6.45, 7) is 0. The van der Waals surface area contributed by atoms with E-state index in [-0.39, 0.29) is 0 Å². The van der Waals surface area contributed by atoms with Crippen molar-refractivity contribution < 1.29 is 5.11 Å². The first kappa shape index (κ1) is 11.9. The summed E-state index contributed by atoms with van der Waals surface area (Å²) >= 11 is 0. The molecule has 0 fully saturated rings. The highest BCUT2D eigenvalue weighted by molar-refractivity contribution is 6.16. The van der Waals surface area contributed by atoms with Crippen LogP contribution in [0.1, 0.15) is 16.7 Å². The molecule has 0 saturated carbocycles. The Morgan fingerprint density at radius 3 is 2.59 bits per heavy atom. The molecule has 0 saturated heterocycles. The van der Waals surface area contributed by atoms with Crippen molar-refractivity contribution in [1.29, 1.82) is 0 Å². The summed E-state index contributed by atoms with van der Waals surface area (Å²) in [5, 5.41) is 13.8. The van der Waals surface area contributed by atoms with Crippen LogP contribution in [0.25, 0.3) is 16.8 Å². The van der Waals surface area contributed by atoms with Crippen LogP contribution in [0, 0.1) is 0 Å². The van der Waals surface area contributed by atoms with Crippen molar-refractivity contribution >= 4 is 28.2 Å². The van der Waals surface area contributed by atoms with Gasteiger partial charge >= 0.3 is 0 Å². The first-order valence-corrected chi connectivity index (χ1v) is 7.40. The van der Waals surface area contributed by atoms with Crippen molar-refractivity contribution in [2.45, 2.75) is 5.60 Å². The van der Waals surface area contributed by atoms with Gasteiger partial charge in [0.2, 0.25) is 0 Å². The Bertz CT molecular complexity index is 1000. The van der Waals surface area contributed by atoms with Crippen LogP contribution in [0.3, 0.4) is 0 Å². The largest absolute Gasteiger partial charge is 0.374 e. The van der Waals surface area contributed by atoms with E-state index in [1.54, 1.807) is 0 Å². The van der Waals surface area contributed by atoms with Gasteiger partial charge in [0.25, 0.3) is 0 Å². The number of rotatable bonds is 0. The van der Waals surface area contributed by atoms with Gasteiger partial charge < -0.3 is 5.11 Å². The lowest BCUT2D eigenvalue weighted by atomic mass is 9.76. The number of nitrogens with zero attached hydrogens (tertiary/aromatic N) is 1. The Morgan fingerprint density at radius 2 is 1.64 bits per heavy atom.